The van der Waals surface area contributed by atoms with Crippen LogP contribution in [0, 0.1) is 13.8 Å². The minimum absolute atomic E-state index is 0.0323. The summed E-state index contributed by atoms with van der Waals surface area (Å²) >= 11 is 0. The molecule has 0 radical (unpaired) electrons. The standard InChI is InChI=1S/C24H35N3O4S/c1-17(2)27-19(5)15-23(20(27)6)24(28)16-25-11-13-26(14-12-25)32(29,30)22-9-7-21(8-10-22)31-18(3)4/h7-10,15,17-18H,11-14,16H2,1-6H3. The van der Waals surface area contributed by atoms with Gasteiger partial charge in [-0.3, -0.25) is 9.69 Å². The number of sulfonamides is 1. The quantitative estimate of drug-likeness (QED) is 0.561. The number of aryl methyl sites for hydroxylation is 1. The summed E-state index contributed by atoms with van der Waals surface area (Å²) in [6.45, 7) is 14.2. The van der Waals surface area contributed by atoms with Gasteiger partial charge in [-0.2, -0.15) is 4.31 Å². The van der Waals surface area contributed by atoms with Crippen molar-refractivity contribution in [2.45, 2.75) is 58.6 Å². The van der Waals surface area contributed by atoms with E-state index in [2.05, 4.69) is 18.4 Å². The number of ketones is 1. The van der Waals surface area contributed by atoms with E-state index in [1.165, 1.54) is 4.31 Å². The van der Waals surface area contributed by atoms with Gasteiger partial charge in [0.2, 0.25) is 10.0 Å². The minimum atomic E-state index is -3.57. The Kier molecular flexibility index (Phi) is 7.47. The average Bonchev–Trinajstić information content (AvgIpc) is 3.02. The molecule has 2 aromatic rings. The zero-order valence-corrected chi connectivity index (χ0v) is 20.8. The monoisotopic (exact) mass is 461 g/mol. The lowest BCUT2D eigenvalue weighted by atomic mass is 10.1. The van der Waals surface area contributed by atoms with Crippen LogP contribution in [0.5, 0.6) is 5.75 Å². The Bertz CT molecular complexity index is 1050. The van der Waals surface area contributed by atoms with Crippen LogP contribution in [0.3, 0.4) is 0 Å². The molecule has 1 saturated heterocycles. The van der Waals surface area contributed by atoms with Gasteiger partial charge in [0, 0.05) is 49.2 Å². The summed E-state index contributed by atoms with van der Waals surface area (Å²) in [4.78, 5) is 15.2. The molecule has 0 N–H and O–H groups in total. The van der Waals surface area contributed by atoms with E-state index in [0.717, 1.165) is 17.0 Å². The lowest BCUT2D eigenvalue weighted by Gasteiger charge is -2.33. The van der Waals surface area contributed by atoms with Gasteiger partial charge in [-0.15, -0.1) is 0 Å². The molecule has 1 aromatic heterocycles. The zero-order valence-electron chi connectivity index (χ0n) is 20.0. The predicted octanol–water partition coefficient (Wildman–Crippen LogP) is 3.66. The number of ether oxygens (including phenoxy) is 1. The van der Waals surface area contributed by atoms with Crippen molar-refractivity contribution in [3.05, 3.63) is 47.3 Å². The molecule has 176 valence electrons. The second-order valence-corrected chi connectivity index (χ2v) is 10.9. The Balaban J connectivity index is 1.61. The number of rotatable bonds is 8. The Morgan fingerprint density at radius 1 is 1.00 bits per heavy atom. The van der Waals surface area contributed by atoms with Gasteiger partial charge in [-0.25, -0.2) is 8.42 Å². The third kappa shape index (κ3) is 5.24. The van der Waals surface area contributed by atoms with Crippen LogP contribution < -0.4 is 4.74 Å². The van der Waals surface area contributed by atoms with Crippen LogP contribution in [-0.4, -0.2) is 66.8 Å². The van der Waals surface area contributed by atoms with Gasteiger partial charge in [0.1, 0.15) is 5.75 Å². The summed E-state index contributed by atoms with van der Waals surface area (Å²) in [7, 11) is -3.57. The van der Waals surface area contributed by atoms with E-state index >= 15 is 0 Å². The number of carbonyl (C=O) groups is 1. The van der Waals surface area contributed by atoms with Crippen molar-refractivity contribution in [3.63, 3.8) is 0 Å². The minimum Gasteiger partial charge on any atom is -0.491 e. The highest BCUT2D eigenvalue weighted by Gasteiger charge is 2.29. The molecule has 1 aromatic carbocycles. The maximum atomic E-state index is 13.0. The molecule has 1 aliphatic rings. The molecule has 0 atom stereocenters. The topological polar surface area (TPSA) is 71.8 Å². The molecule has 0 saturated carbocycles. The van der Waals surface area contributed by atoms with Gasteiger partial charge >= 0.3 is 0 Å². The summed E-state index contributed by atoms with van der Waals surface area (Å²) in [6, 6.07) is 8.83. The summed E-state index contributed by atoms with van der Waals surface area (Å²) in [6.07, 6.45) is 0.0323. The normalized spacial score (nSPS) is 16.1. The van der Waals surface area contributed by atoms with E-state index in [1.54, 1.807) is 24.3 Å². The van der Waals surface area contributed by atoms with Gasteiger partial charge in [-0.05, 0) is 71.9 Å². The van der Waals surface area contributed by atoms with Gasteiger partial charge in [0.25, 0.3) is 0 Å². The fraction of sp³-hybridized carbons (Fsp3) is 0.542. The zero-order chi connectivity index (χ0) is 23.6. The number of nitrogens with zero attached hydrogens (tertiary/aromatic N) is 3. The first kappa shape index (κ1) is 24.5. The van der Waals surface area contributed by atoms with Crippen LogP contribution in [-0.2, 0) is 10.0 Å². The lowest BCUT2D eigenvalue weighted by Crippen LogP contribution is -2.49. The van der Waals surface area contributed by atoms with Crippen molar-refractivity contribution in [1.29, 1.82) is 0 Å². The number of carbonyl (C=O) groups excluding carboxylic acids is 1. The predicted molar refractivity (Wildman–Crippen MR) is 126 cm³/mol. The third-order valence-electron chi connectivity index (χ3n) is 5.83. The van der Waals surface area contributed by atoms with E-state index in [1.807, 2.05) is 38.7 Å². The Morgan fingerprint density at radius 2 is 1.59 bits per heavy atom. The van der Waals surface area contributed by atoms with E-state index in [4.69, 9.17) is 4.74 Å². The maximum absolute atomic E-state index is 13.0. The van der Waals surface area contributed by atoms with Crippen molar-refractivity contribution in [3.8, 4) is 5.75 Å². The number of piperazine rings is 1. The molecule has 2 heterocycles. The highest BCUT2D eigenvalue weighted by atomic mass is 32.2. The van der Waals surface area contributed by atoms with Crippen molar-refractivity contribution in [2.24, 2.45) is 0 Å². The van der Waals surface area contributed by atoms with Gasteiger partial charge < -0.3 is 9.30 Å². The third-order valence-corrected chi connectivity index (χ3v) is 7.75. The van der Waals surface area contributed by atoms with Crippen LogP contribution in [0.2, 0.25) is 0 Å². The molecular weight excluding hydrogens is 426 g/mol. The fourth-order valence-corrected chi connectivity index (χ4v) is 5.80. The first-order chi connectivity index (χ1) is 15.0. The molecule has 3 rings (SSSR count). The van der Waals surface area contributed by atoms with E-state index < -0.39 is 10.0 Å². The number of hydrogen-bond acceptors (Lipinski definition) is 5. The van der Waals surface area contributed by atoms with Crippen LogP contribution in [0.25, 0.3) is 0 Å². The largest absolute Gasteiger partial charge is 0.491 e. The highest BCUT2D eigenvalue weighted by Crippen LogP contribution is 2.23. The molecule has 1 fully saturated rings. The summed E-state index contributed by atoms with van der Waals surface area (Å²) in [5, 5.41) is 0. The van der Waals surface area contributed by atoms with Crippen molar-refractivity contribution in [2.75, 3.05) is 32.7 Å². The molecular formula is C24H35N3O4S. The van der Waals surface area contributed by atoms with Gasteiger partial charge in [0.15, 0.2) is 5.78 Å². The molecule has 0 amide bonds. The second kappa shape index (κ2) is 9.77. The molecule has 8 heteroatoms. The number of benzene rings is 1. The fourth-order valence-electron chi connectivity index (χ4n) is 4.38. The Morgan fingerprint density at radius 3 is 2.09 bits per heavy atom. The summed E-state index contributed by atoms with van der Waals surface area (Å²) < 4.78 is 35.3. The molecule has 0 aliphatic carbocycles. The maximum Gasteiger partial charge on any atom is 0.243 e. The molecule has 7 nitrogen and oxygen atoms in total. The number of Topliss-reactive ketones (excluding diaryl/α,β-unsaturated/α-hetero) is 1. The number of hydrogen-bond donors (Lipinski definition) is 0. The SMILES string of the molecule is Cc1cc(C(=O)CN2CCN(S(=O)(=O)c3ccc(OC(C)C)cc3)CC2)c(C)n1C(C)C. The van der Waals surface area contributed by atoms with Crippen LogP contribution in [0.15, 0.2) is 35.2 Å². The van der Waals surface area contributed by atoms with E-state index in [-0.39, 0.29) is 16.8 Å². The van der Waals surface area contributed by atoms with Crippen LogP contribution in [0.4, 0.5) is 0 Å². The molecule has 1 aliphatic heterocycles. The Labute approximate surface area is 192 Å². The smallest absolute Gasteiger partial charge is 0.243 e. The number of aromatic nitrogens is 1. The second-order valence-electron chi connectivity index (χ2n) is 8.99. The summed E-state index contributed by atoms with van der Waals surface area (Å²) in [5.74, 6) is 0.737. The first-order valence-electron chi connectivity index (χ1n) is 11.2. The van der Waals surface area contributed by atoms with Crippen LogP contribution >= 0.6 is 0 Å². The van der Waals surface area contributed by atoms with Gasteiger partial charge in [-0.1, -0.05) is 0 Å². The van der Waals surface area contributed by atoms with Gasteiger partial charge in [0.05, 0.1) is 17.5 Å². The molecule has 0 spiro atoms. The van der Waals surface area contributed by atoms with Crippen molar-refractivity contribution >= 4 is 15.8 Å². The lowest BCUT2D eigenvalue weighted by molar-refractivity contribution is 0.0901. The van der Waals surface area contributed by atoms with Crippen molar-refractivity contribution in [1.82, 2.24) is 13.8 Å². The van der Waals surface area contributed by atoms with E-state index in [9.17, 15) is 13.2 Å². The van der Waals surface area contributed by atoms with Crippen LogP contribution in [0.1, 0.15) is 55.5 Å². The summed E-state index contributed by atoms with van der Waals surface area (Å²) in [5.41, 5.74) is 2.84. The molecule has 0 bridgehead atoms. The molecule has 32 heavy (non-hydrogen) atoms. The van der Waals surface area contributed by atoms with E-state index in [0.29, 0.717) is 44.5 Å². The highest BCUT2D eigenvalue weighted by molar-refractivity contribution is 7.89. The first-order valence-corrected chi connectivity index (χ1v) is 12.7. The molecule has 0 unspecified atom stereocenters. The van der Waals surface area contributed by atoms with Crippen molar-refractivity contribution < 1.29 is 17.9 Å². The average molecular weight is 462 g/mol. The Hall–Kier alpha value is -2.16.